The van der Waals surface area contributed by atoms with Gasteiger partial charge in [-0.05, 0) is 78.8 Å². The first-order valence-electron chi connectivity index (χ1n) is 12.1. The number of benzene rings is 3. The minimum absolute atomic E-state index is 0.189. The van der Waals surface area contributed by atoms with Crippen LogP contribution in [0.4, 0.5) is 0 Å². The van der Waals surface area contributed by atoms with Crippen LogP contribution in [0, 0.1) is 0 Å². The third-order valence-corrected chi connectivity index (χ3v) is 8.82. The number of halogens is 1. The lowest BCUT2D eigenvalue weighted by atomic mass is 9.86. The quantitative estimate of drug-likeness (QED) is 0.371. The Kier molecular flexibility index (Phi) is 7.24. The summed E-state index contributed by atoms with van der Waals surface area (Å²) in [5.74, 6) is -0.171. The van der Waals surface area contributed by atoms with Gasteiger partial charge in [0.1, 0.15) is 0 Å². The van der Waals surface area contributed by atoms with E-state index in [0.717, 1.165) is 11.1 Å². The Hall–Kier alpha value is -3.33. The van der Waals surface area contributed by atoms with E-state index in [0.29, 0.717) is 47.2 Å². The fraction of sp³-hybridized carbons (Fsp3) is 0.250. The van der Waals surface area contributed by atoms with Crippen molar-refractivity contribution in [3.8, 4) is 22.9 Å². The Labute approximate surface area is 220 Å². The molecule has 190 valence electrons. The van der Waals surface area contributed by atoms with Gasteiger partial charge in [-0.3, -0.25) is 4.79 Å². The molecule has 2 N–H and O–H groups in total. The third-order valence-electron chi connectivity index (χ3n) is 6.72. The number of hydrogen-bond donors (Lipinski definition) is 1. The first-order chi connectivity index (χ1) is 17.8. The number of Topliss-reactive ketones (excluding diaryl/α,β-unsaturated/α-hetero) is 1. The van der Waals surface area contributed by atoms with Crippen molar-refractivity contribution in [1.29, 1.82) is 0 Å². The maximum Gasteiger partial charge on any atom is 0.248 e. The standard InChI is InChI=1S/C28H26ClN3O4S/c29-22-12-7-18(8-13-22)6-9-19-10-14-25(33)24(30)17-37(34,35)26-15-11-21(16-23(19)26)28-32-31-27(36-28)20-4-2-1-3-5-20/h1-5,7-8,11-13,15-16,19,24H,6,9-10,14,17,30H2/t19?,24-/m0/s1. The lowest BCUT2D eigenvalue weighted by molar-refractivity contribution is -0.120. The number of aromatic nitrogens is 2. The van der Waals surface area contributed by atoms with Crippen LogP contribution in [-0.4, -0.2) is 36.2 Å². The van der Waals surface area contributed by atoms with Crippen molar-refractivity contribution < 1.29 is 17.6 Å². The molecule has 9 heteroatoms. The fourth-order valence-corrected chi connectivity index (χ4v) is 6.51. The topological polar surface area (TPSA) is 116 Å². The number of rotatable bonds is 5. The van der Waals surface area contributed by atoms with E-state index >= 15 is 0 Å². The van der Waals surface area contributed by atoms with Crippen molar-refractivity contribution in [3.05, 3.63) is 88.9 Å². The molecular formula is C28H26ClN3O4S. The summed E-state index contributed by atoms with van der Waals surface area (Å²) in [5.41, 5.74) is 9.12. The van der Waals surface area contributed by atoms with Crippen molar-refractivity contribution in [1.82, 2.24) is 10.2 Å². The second-order valence-corrected chi connectivity index (χ2v) is 11.7. The second kappa shape index (κ2) is 10.6. The van der Waals surface area contributed by atoms with Gasteiger partial charge in [0.2, 0.25) is 11.8 Å². The van der Waals surface area contributed by atoms with Gasteiger partial charge in [-0.1, -0.05) is 41.9 Å². The molecule has 0 spiro atoms. The number of carbonyl (C=O) groups is 1. The number of hydrogen-bond acceptors (Lipinski definition) is 7. The predicted molar refractivity (Wildman–Crippen MR) is 142 cm³/mol. The van der Waals surface area contributed by atoms with Crippen LogP contribution >= 0.6 is 11.6 Å². The molecule has 3 aromatic carbocycles. The largest absolute Gasteiger partial charge is 0.416 e. The molecule has 0 bridgehead atoms. The summed E-state index contributed by atoms with van der Waals surface area (Å²) in [5, 5.41) is 9.03. The molecule has 4 aromatic rings. The van der Waals surface area contributed by atoms with Gasteiger partial charge in [-0.25, -0.2) is 8.42 Å². The van der Waals surface area contributed by atoms with E-state index in [4.69, 9.17) is 21.8 Å². The summed E-state index contributed by atoms with van der Waals surface area (Å²) in [6.07, 6.45) is 2.05. The Morgan fingerprint density at radius 3 is 2.38 bits per heavy atom. The Morgan fingerprint density at radius 2 is 1.65 bits per heavy atom. The number of fused-ring (bicyclic) bond motifs is 1. The highest BCUT2D eigenvalue weighted by molar-refractivity contribution is 7.91. The molecule has 1 unspecified atom stereocenters. The average molecular weight is 536 g/mol. The first kappa shape index (κ1) is 25.3. The molecule has 1 aliphatic rings. The number of sulfone groups is 1. The van der Waals surface area contributed by atoms with E-state index in [1.807, 2.05) is 60.7 Å². The number of nitrogens with two attached hydrogens (primary N) is 1. The van der Waals surface area contributed by atoms with Gasteiger partial charge in [0.05, 0.1) is 16.7 Å². The van der Waals surface area contributed by atoms with Crippen LogP contribution in [0.5, 0.6) is 0 Å². The summed E-state index contributed by atoms with van der Waals surface area (Å²) < 4.78 is 32.6. The number of carbonyl (C=O) groups excluding carboxylic acids is 1. The molecule has 0 saturated heterocycles. The second-order valence-electron chi connectivity index (χ2n) is 9.29. The van der Waals surface area contributed by atoms with Gasteiger partial charge in [-0.2, -0.15) is 0 Å². The summed E-state index contributed by atoms with van der Waals surface area (Å²) in [4.78, 5) is 12.8. The van der Waals surface area contributed by atoms with Gasteiger partial charge >= 0.3 is 0 Å². The van der Waals surface area contributed by atoms with Crippen molar-refractivity contribution in [2.75, 3.05) is 5.75 Å². The highest BCUT2D eigenvalue weighted by Gasteiger charge is 2.31. The maximum absolute atomic E-state index is 13.4. The monoisotopic (exact) mass is 535 g/mol. The minimum atomic E-state index is -3.80. The molecule has 5 rings (SSSR count). The van der Waals surface area contributed by atoms with Crippen LogP contribution in [0.15, 0.2) is 82.1 Å². The SMILES string of the molecule is N[C@H]1CS(=O)(=O)c2ccc(-c3nnc(-c4ccccc4)o3)cc2C(CCc2ccc(Cl)cc2)CCC1=O. The summed E-state index contributed by atoms with van der Waals surface area (Å²) in [7, 11) is -3.80. The molecule has 0 saturated carbocycles. The zero-order valence-corrected chi connectivity index (χ0v) is 21.6. The van der Waals surface area contributed by atoms with Crippen molar-refractivity contribution in [2.24, 2.45) is 5.73 Å². The average Bonchev–Trinajstić information content (AvgIpc) is 3.40. The lowest BCUT2D eigenvalue weighted by Gasteiger charge is -2.20. The van der Waals surface area contributed by atoms with Crippen LogP contribution < -0.4 is 5.73 Å². The van der Waals surface area contributed by atoms with Gasteiger partial charge < -0.3 is 10.2 Å². The highest BCUT2D eigenvalue weighted by atomic mass is 35.5. The summed E-state index contributed by atoms with van der Waals surface area (Å²) >= 11 is 6.03. The summed E-state index contributed by atoms with van der Waals surface area (Å²) in [6.45, 7) is 0. The van der Waals surface area contributed by atoms with Crippen LogP contribution in [0.1, 0.15) is 36.3 Å². The maximum atomic E-state index is 13.4. The van der Waals surface area contributed by atoms with Crippen molar-refractivity contribution in [3.63, 3.8) is 0 Å². The predicted octanol–water partition coefficient (Wildman–Crippen LogP) is 5.24. The molecule has 7 nitrogen and oxygen atoms in total. The molecular weight excluding hydrogens is 510 g/mol. The number of nitrogens with zero attached hydrogens (tertiary/aromatic N) is 2. The fourth-order valence-electron chi connectivity index (χ4n) is 4.69. The van der Waals surface area contributed by atoms with E-state index in [9.17, 15) is 13.2 Å². The third kappa shape index (κ3) is 5.66. The van der Waals surface area contributed by atoms with Crippen LogP contribution in [0.2, 0.25) is 5.02 Å². The van der Waals surface area contributed by atoms with Crippen molar-refractivity contribution in [2.45, 2.75) is 42.5 Å². The molecule has 0 fully saturated rings. The zero-order chi connectivity index (χ0) is 26.0. The lowest BCUT2D eigenvalue weighted by Crippen LogP contribution is -2.37. The molecule has 0 aliphatic carbocycles. The number of aryl methyl sites for hydroxylation is 1. The molecule has 0 radical (unpaired) electrons. The molecule has 2 atom stereocenters. The Bertz CT molecular complexity index is 1520. The molecule has 0 amide bonds. The molecule has 1 aromatic heterocycles. The van der Waals surface area contributed by atoms with E-state index in [1.54, 1.807) is 12.1 Å². The Morgan fingerprint density at radius 1 is 0.946 bits per heavy atom. The Balaban J connectivity index is 1.54. The van der Waals surface area contributed by atoms with Gasteiger partial charge in [0, 0.05) is 22.6 Å². The highest BCUT2D eigenvalue weighted by Crippen LogP contribution is 2.37. The van der Waals surface area contributed by atoms with E-state index in [2.05, 4.69) is 10.2 Å². The smallest absolute Gasteiger partial charge is 0.248 e. The summed E-state index contributed by atoms with van der Waals surface area (Å²) in [6, 6.07) is 21.0. The van der Waals surface area contributed by atoms with Crippen LogP contribution in [0.25, 0.3) is 22.9 Å². The van der Waals surface area contributed by atoms with E-state index in [1.165, 1.54) is 0 Å². The molecule has 1 aliphatic heterocycles. The van der Waals surface area contributed by atoms with Crippen LogP contribution in [-0.2, 0) is 21.1 Å². The van der Waals surface area contributed by atoms with Crippen molar-refractivity contribution >= 4 is 27.2 Å². The molecule has 37 heavy (non-hydrogen) atoms. The normalized spacial score (nSPS) is 19.5. The van der Waals surface area contributed by atoms with Gasteiger partial charge in [0.25, 0.3) is 0 Å². The van der Waals surface area contributed by atoms with Crippen LogP contribution in [0.3, 0.4) is 0 Å². The molecule has 2 heterocycles. The number of ketones is 1. The van der Waals surface area contributed by atoms with Gasteiger partial charge in [0.15, 0.2) is 15.6 Å². The minimum Gasteiger partial charge on any atom is -0.416 e. The first-order valence-corrected chi connectivity index (χ1v) is 14.1. The van der Waals surface area contributed by atoms with E-state index < -0.39 is 21.6 Å². The van der Waals surface area contributed by atoms with Gasteiger partial charge in [-0.15, -0.1) is 10.2 Å². The van der Waals surface area contributed by atoms with E-state index in [-0.39, 0.29) is 23.0 Å². The zero-order valence-electron chi connectivity index (χ0n) is 20.0.